The highest BCUT2D eigenvalue weighted by molar-refractivity contribution is 5.48. The molecule has 0 saturated heterocycles. The molecule has 2 rings (SSSR count). The molecule has 0 radical (unpaired) electrons. The van der Waals surface area contributed by atoms with Crippen molar-refractivity contribution < 1.29 is 9.52 Å². The summed E-state index contributed by atoms with van der Waals surface area (Å²) >= 11 is 0. The van der Waals surface area contributed by atoms with E-state index in [-0.39, 0.29) is 6.61 Å². The van der Waals surface area contributed by atoms with Crippen LogP contribution in [0.3, 0.4) is 0 Å². The van der Waals surface area contributed by atoms with Crippen molar-refractivity contribution in [2.24, 2.45) is 0 Å². The SMILES string of the molecule is Cc1ccc(CNc2cnccc2CO)o1. The van der Waals surface area contributed by atoms with E-state index in [1.807, 2.05) is 19.1 Å². The minimum atomic E-state index is 0.00202. The maximum atomic E-state index is 9.13. The van der Waals surface area contributed by atoms with Crippen LogP contribution in [0.1, 0.15) is 17.1 Å². The predicted octanol–water partition coefficient (Wildman–Crippen LogP) is 2.09. The van der Waals surface area contributed by atoms with Gasteiger partial charge in [-0.3, -0.25) is 4.98 Å². The Morgan fingerprint density at radius 1 is 1.38 bits per heavy atom. The molecule has 0 unspecified atom stereocenters. The van der Waals surface area contributed by atoms with Gasteiger partial charge in [0.1, 0.15) is 11.5 Å². The van der Waals surface area contributed by atoms with E-state index in [1.54, 1.807) is 18.5 Å². The molecule has 0 aliphatic heterocycles. The Morgan fingerprint density at radius 3 is 2.94 bits per heavy atom. The van der Waals surface area contributed by atoms with Crippen molar-refractivity contribution in [1.29, 1.82) is 0 Å². The molecule has 0 saturated carbocycles. The number of nitrogens with zero attached hydrogens (tertiary/aromatic N) is 1. The molecule has 0 aromatic carbocycles. The summed E-state index contributed by atoms with van der Waals surface area (Å²) in [6.45, 7) is 2.50. The first kappa shape index (κ1) is 10.7. The van der Waals surface area contributed by atoms with Gasteiger partial charge in [0.15, 0.2) is 0 Å². The number of furan rings is 1. The van der Waals surface area contributed by atoms with Gasteiger partial charge in [-0.15, -0.1) is 0 Å². The molecule has 0 spiro atoms. The Bertz CT molecular complexity index is 466. The zero-order valence-corrected chi connectivity index (χ0v) is 9.10. The molecule has 0 aliphatic rings. The van der Waals surface area contributed by atoms with Crippen LogP contribution in [-0.2, 0) is 13.2 Å². The molecule has 0 aliphatic carbocycles. The molecular formula is C12H14N2O2. The molecule has 2 aromatic rings. The maximum absolute atomic E-state index is 9.13. The summed E-state index contributed by atoms with van der Waals surface area (Å²) in [6, 6.07) is 5.64. The minimum absolute atomic E-state index is 0.00202. The average molecular weight is 218 g/mol. The fourth-order valence-electron chi connectivity index (χ4n) is 1.48. The van der Waals surface area contributed by atoms with Crippen LogP contribution in [0.15, 0.2) is 35.0 Å². The third kappa shape index (κ3) is 2.41. The average Bonchev–Trinajstić information content (AvgIpc) is 2.73. The van der Waals surface area contributed by atoms with Crippen LogP contribution >= 0.6 is 0 Å². The van der Waals surface area contributed by atoms with Gasteiger partial charge >= 0.3 is 0 Å². The first-order valence-electron chi connectivity index (χ1n) is 5.12. The van der Waals surface area contributed by atoms with Crippen LogP contribution in [0, 0.1) is 6.92 Å². The van der Waals surface area contributed by atoms with Crippen molar-refractivity contribution in [2.75, 3.05) is 5.32 Å². The summed E-state index contributed by atoms with van der Waals surface area (Å²) in [4.78, 5) is 4.01. The van der Waals surface area contributed by atoms with Gasteiger partial charge in [0.2, 0.25) is 0 Å². The normalized spacial score (nSPS) is 10.4. The third-order valence-electron chi connectivity index (χ3n) is 2.33. The van der Waals surface area contributed by atoms with Gasteiger partial charge in [-0.1, -0.05) is 0 Å². The second kappa shape index (κ2) is 4.81. The largest absolute Gasteiger partial charge is 0.465 e. The third-order valence-corrected chi connectivity index (χ3v) is 2.33. The van der Waals surface area contributed by atoms with Crippen molar-refractivity contribution >= 4 is 5.69 Å². The van der Waals surface area contributed by atoms with Gasteiger partial charge in [-0.2, -0.15) is 0 Å². The summed E-state index contributed by atoms with van der Waals surface area (Å²) in [5.41, 5.74) is 1.66. The standard InChI is InChI=1S/C12H14N2O2/c1-9-2-3-11(16-9)6-14-12-7-13-5-4-10(12)8-15/h2-5,7,14-15H,6,8H2,1H3. The fraction of sp³-hybridized carbons (Fsp3) is 0.250. The molecule has 2 aromatic heterocycles. The highest BCUT2D eigenvalue weighted by Crippen LogP contribution is 2.15. The Balaban J connectivity index is 2.04. The van der Waals surface area contributed by atoms with E-state index in [0.717, 1.165) is 22.8 Å². The van der Waals surface area contributed by atoms with Crippen molar-refractivity contribution in [3.8, 4) is 0 Å². The Hall–Kier alpha value is -1.81. The summed E-state index contributed by atoms with van der Waals surface area (Å²) in [5.74, 6) is 1.76. The predicted molar refractivity (Wildman–Crippen MR) is 60.9 cm³/mol. The lowest BCUT2D eigenvalue weighted by atomic mass is 10.2. The zero-order valence-electron chi connectivity index (χ0n) is 9.10. The number of anilines is 1. The number of nitrogens with one attached hydrogen (secondary N) is 1. The number of aromatic nitrogens is 1. The van der Waals surface area contributed by atoms with E-state index in [0.29, 0.717) is 6.54 Å². The number of rotatable bonds is 4. The summed E-state index contributed by atoms with van der Waals surface area (Å²) in [6.07, 6.45) is 3.36. The van der Waals surface area contributed by atoms with Crippen LogP contribution in [0.5, 0.6) is 0 Å². The molecule has 4 heteroatoms. The van der Waals surface area contributed by atoms with Gasteiger partial charge in [0.05, 0.1) is 25.0 Å². The van der Waals surface area contributed by atoms with Gasteiger partial charge in [-0.25, -0.2) is 0 Å². The molecule has 4 nitrogen and oxygen atoms in total. The van der Waals surface area contributed by atoms with Crippen molar-refractivity contribution in [3.05, 3.63) is 47.7 Å². The topological polar surface area (TPSA) is 58.3 Å². The molecule has 0 atom stereocenters. The summed E-state index contributed by atoms with van der Waals surface area (Å²) < 4.78 is 5.43. The van der Waals surface area contributed by atoms with Crippen molar-refractivity contribution in [1.82, 2.24) is 4.98 Å². The molecule has 84 valence electrons. The van der Waals surface area contributed by atoms with Crippen LogP contribution in [0.4, 0.5) is 5.69 Å². The summed E-state index contributed by atoms with van der Waals surface area (Å²) in [7, 11) is 0. The number of aliphatic hydroxyl groups is 1. The quantitative estimate of drug-likeness (QED) is 0.825. The molecule has 2 N–H and O–H groups in total. The Kier molecular flexibility index (Phi) is 3.22. The molecule has 0 amide bonds. The van der Waals surface area contributed by atoms with Gasteiger partial charge < -0.3 is 14.8 Å². The van der Waals surface area contributed by atoms with Gasteiger partial charge in [-0.05, 0) is 25.1 Å². The van der Waals surface area contributed by atoms with Crippen LogP contribution in [0.25, 0.3) is 0 Å². The second-order valence-electron chi connectivity index (χ2n) is 3.56. The number of hydrogen-bond acceptors (Lipinski definition) is 4. The first-order valence-corrected chi connectivity index (χ1v) is 5.12. The lowest BCUT2D eigenvalue weighted by Gasteiger charge is -2.07. The van der Waals surface area contributed by atoms with Crippen LogP contribution < -0.4 is 5.32 Å². The van der Waals surface area contributed by atoms with Crippen molar-refractivity contribution in [2.45, 2.75) is 20.1 Å². The smallest absolute Gasteiger partial charge is 0.123 e. The van der Waals surface area contributed by atoms with Gasteiger partial charge in [0.25, 0.3) is 0 Å². The van der Waals surface area contributed by atoms with E-state index in [1.165, 1.54) is 0 Å². The molecule has 2 heterocycles. The summed E-state index contributed by atoms with van der Waals surface area (Å²) in [5, 5.41) is 12.3. The van der Waals surface area contributed by atoms with E-state index in [2.05, 4.69) is 10.3 Å². The van der Waals surface area contributed by atoms with Crippen LogP contribution in [0.2, 0.25) is 0 Å². The second-order valence-corrected chi connectivity index (χ2v) is 3.56. The number of aliphatic hydroxyl groups excluding tert-OH is 1. The molecular weight excluding hydrogens is 204 g/mol. The van der Waals surface area contributed by atoms with E-state index >= 15 is 0 Å². The Morgan fingerprint density at radius 2 is 2.25 bits per heavy atom. The monoisotopic (exact) mass is 218 g/mol. The highest BCUT2D eigenvalue weighted by atomic mass is 16.3. The first-order chi connectivity index (χ1) is 7.79. The minimum Gasteiger partial charge on any atom is -0.465 e. The van der Waals surface area contributed by atoms with Crippen molar-refractivity contribution in [3.63, 3.8) is 0 Å². The fourth-order valence-corrected chi connectivity index (χ4v) is 1.48. The maximum Gasteiger partial charge on any atom is 0.123 e. The molecule has 16 heavy (non-hydrogen) atoms. The van der Waals surface area contributed by atoms with E-state index < -0.39 is 0 Å². The van der Waals surface area contributed by atoms with E-state index in [9.17, 15) is 0 Å². The zero-order chi connectivity index (χ0) is 11.4. The van der Waals surface area contributed by atoms with Crippen LogP contribution in [-0.4, -0.2) is 10.1 Å². The van der Waals surface area contributed by atoms with E-state index in [4.69, 9.17) is 9.52 Å². The van der Waals surface area contributed by atoms with Gasteiger partial charge in [0, 0.05) is 11.8 Å². The number of pyridine rings is 1. The number of aryl methyl sites for hydroxylation is 1. The lowest BCUT2D eigenvalue weighted by Crippen LogP contribution is -2.02. The molecule has 0 bridgehead atoms. The highest BCUT2D eigenvalue weighted by Gasteiger charge is 2.02. The molecule has 0 fully saturated rings. The number of hydrogen-bond donors (Lipinski definition) is 2. The lowest BCUT2D eigenvalue weighted by molar-refractivity contribution is 0.282. The Labute approximate surface area is 93.9 Å².